The number of aromatic nitrogens is 2. The van der Waals surface area contributed by atoms with Gasteiger partial charge in [-0.2, -0.15) is 0 Å². The molecule has 130 valence electrons. The molecule has 6 nitrogen and oxygen atoms in total. The molecule has 2 aromatic rings. The number of hydrogen-bond acceptors (Lipinski definition) is 4. The standard InChI is InChI=1S/C19H22N4O2/c1-13-15(18(20)25)12-21-19(22-13)16-8-5-11-23(16)17(24)10-9-14-6-3-2-4-7-14/h2-4,6-7,12,16H,5,8-11H2,1H3,(H2,20,25)/t16-/m0/s1. The van der Waals surface area contributed by atoms with Crippen LogP contribution in [0.15, 0.2) is 36.5 Å². The van der Waals surface area contributed by atoms with Gasteiger partial charge in [-0.15, -0.1) is 0 Å². The summed E-state index contributed by atoms with van der Waals surface area (Å²) in [6.45, 7) is 2.46. The van der Waals surface area contributed by atoms with Gasteiger partial charge in [0.05, 0.1) is 17.3 Å². The maximum absolute atomic E-state index is 12.7. The van der Waals surface area contributed by atoms with Gasteiger partial charge < -0.3 is 10.6 Å². The van der Waals surface area contributed by atoms with Crippen molar-refractivity contribution in [3.05, 3.63) is 59.2 Å². The highest BCUT2D eigenvalue weighted by atomic mass is 16.2. The molecular weight excluding hydrogens is 316 g/mol. The van der Waals surface area contributed by atoms with Crippen molar-refractivity contribution in [3.8, 4) is 0 Å². The zero-order valence-corrected chi connectivity index (χ0v) is 14.3. The molecule has 1 aliphatic heterocycles. The second-order valence-electron chi connectivity index (χ2n) is 6.32. The first-order chi connectivity index (χ1) is 12.1. The molecule has 0 bridgehead atoms. The predicted molar refractivity (Wildman–Crippen MR) is 93.7 cm³/mol. The number of hydrogen-bond donors (Lipinski definition) is 1. The molecule has 1 aromatic carbocycles. The molecule has 1 atom stereocenters. The lowest BCUT2D eigenvalue weighted by Crippen LogP contribution is -2.32. The first-order valence-electron chi connectivity index (χ1n) is 8.53. The SMILES string of the molecule is Cc1nc([C@@H]2CCCN2C(=O)CCc2ccccc2)ncc1C(N)=O. The molecule has 2 heterocycles. The Balaban J connectivity index is 1.70. The van der Waals surface area contributed by atoms with Gasteiger partial charge in [0.2, 0.25) is 5.91 Å². The van der Waals surface area contributed by atoms with Gasteiger partial charge in [0.1, 0.15) is 0 Å². The van der Waals surface area contributed by atoms with E-state index in [4.69, 9.17) is 5.73 Å². The molecule has 3 rings (SSSR count). The van der Waals surface area contributed by atoms with Gasteiger partial charge in [0.25, 0.3) is 5.91 Å². The van der Waals surface area contributed by atoms with Crippen molar-refractivity contribution >= 4 is 11.8 Å². The summed E-state index contributed by atoms with van der Waals surface area (Å²) in [6, 6.07) is 9.87. The topological polar surface area (TPSA) is 89.2 Å². The van der Waals surface area contributed by atoms with Gasteiger partial charge in [0.15, 0.2) is 5.82 Å². The minimum absolute atomic E-state index is 0.117. The van der Waals surface area contributed by atoms with Gasteiger partial charge in [0, 0.05) is 19.2 Å². The molecule has 2 N–H and O–H groups in total. The van der Waals surface area contributed by atoms with Crippen LogP contribution in [0.4, 0.5) is 0 Å². The van der Waals surface area contributed by atoms with Crippen molar-refractivity contribution in [1.82, 2.24) is 14.9 Å². The molecule has 0 aliphatic carbocycles. The number of likely N-dealkylation sites (tertiary alicyclic amines) is 1. The number of primary amides is 1. The summed E-state index contributed by atoms with van der Waals surface area (Å²) in [4.78, 5) is 34.6. The second-order valence-corrected chi connectivity index (χ2v) is 6.32. The second kappa shape index (κ2) is 7.42. The normalized spacial score (nSPS) is 16.8. The van der Waals surface area contributed by atoms with E-state index in [-0.39, 0.29) is 11.9 Å². The van der Waals surface area contributed by atoms with Gasteiger partial charge in [-0.25, -0.2) is 9.97 Å². The van der Waals surface area contributed by atoms with Crippen LogP contribution in [-0.4, -0.2) is 33.2 Å². The highest BCUT2D eigenvalue weighted by Crippen LogP contribution is 2.30. The molecule has 25 heavy (non-hydrogen) atoms. The maximum atomic E-state index is 12.7. The predicted octanol–water partition coefficient (Wildman–Crippen LogP) is 2.18. The fourth-order valence-corrected chi connectivity index (χ4v) is 3.26. The van der Waals surface area contributed by atoms with E-state index in [0.717, 1.165) is 31.4 Å². The van der Waals surface area contributed by atoms with E-state index in [1.807, 2.05) is 35.2 Å². The minimum atomic E-state index is -0.536. The van der Waals surface area contributed by atoms with Crippen molar-refractivity contribution < 1.29 is 9.59 Å². The van der Waals surface area contributed by atoms with Crippen LogP contribution < -0.4 is 5.73 Å². The van der Waals surface area contributed by atoms with Crippen molar-refractivity contribution in [2.75, 3.05) is 6.54 Å². The molecule has 2 amide bonds. The van der Waals surface area contributed by atoms with E-state index in [2.05, 4.69) is 9.97 Å². The smallest absolute Gasteiger partial charge is 0.252 e. The van der Waals surface area contributed by atoms with E-state index >= 15 is 0 Å². The molecule has 6 heteroatoms. The van der Waals surface area contributed by atoms with Crippen LogP contribution in [0.3, 0.4) is 0 Å². The summed E-state index contributed by atoms with van der Waals surface area (Å²) in [5.74, 6) is 0.172. The van der Waals surface area contributed by atoms with Crippen LogP contribution in [0, 0.1) is 6.92 Å². The Morgan fingerprint density at radius 2 is 2.04 bits per heavy atom. The Kier molecular flexibility index (Phi) is 5.07. The van der Waals surface area contributed by atoms with E-state index in [9.17, 15) is 9.59 Å². The Bertz CT molecular complexity index is 776. The lowest BCUT2D eigenvalue weighted by molar-refractivity contribution is -0.132. The number of benzene rings is 1. The van der Waals surface area contributed by atoms with Crippen LogP contribution >= 0.6 is 0 Å². The van der Waals surface area contributed by atoms with Crippen molar-refractivity contribution in [1.29, 1.82) is 0 Å². The Morgan fingerprint density at radius 3 is 2.72 bits per heavy atom. The lowest BCUT2D eigenvalue weighted by Gasteiger charge is -2.24. The molecule has 1 aromatic heterocycles. The van der Waals surface area contributed by atoms with E-state index in [1.54, 1.807) is 6.92 Å². The number of carbonyl (C=O) groups excluding carboxylic acids is 2. The maximum Gasteiger partial charge on any atom is 0.252 e. The summed E-state index contributed by atoms with van der Waals surface area (Å²) in [7, 11) is 0. The zero-order valence-electron chi connectivity index (χ0n) is 14.3. The molecule has 1 aliphatic rings. The Morgan fingerprint density at radius 1 is 1.28 bits per heavy atom. The molecule has 0 unspecified atom stereocenters. The van der Waals surface area contributed by atoms with Crippen LogP contribution in [0.1, 0.15) is 52.7 Å². The fourth-order valence-electron chi connectivity index (χ4n) is 3.26. The number of nitrogens with two attached hydrogens (primary N) is 1. The molecular formula is C19H22N4O2. The van der Waals surface area contributed by atoms with E-state index in [1.165, 1.54) is 6.20 Å². The summed E-state index contributed by atoms with van der Waals surface area (Å²) in [6.07, 6.45) is 4.43. The van der Waals surface area contributed by atoms with Crippen LogP contribution in [-0.2, 0) is 11.2 Å². The summed E-state index contributed by atoms with van der Waals surface area (Å²) < 4.78 is 0. The Labute approximate surface area is 147 Å². The fraction of sp³-hybridized carbons (Fsp3) is 0.368. The molecule has 0 saturated carbocycles. The molecule has 1 saturated heterocycles. The number of amides is 2. The van der Waals surface area contributed by atoms with Crippen molar-refractivity contribution in [2.24, 2.45) is 5.73 Å². The summed E-state index contributed by atoms with van der Waals surface area (Å²) >= 11 is 0. The zero-order chi connectivity index (χ0) is 17.8. The third-order valence-electron chi connectivity index (χ3n) is 4.60. The van der Waals surface area contributed by atoms with E-state index < -0.39 is 5.91 Å². The van der Waals surface area contributed by atoms with Gasteiger partial charge in [-0.3, -0.25) is 9.59 Å². The number of nitrogens with zero attached hydrogens (tertiary/aromatic N) is 3. The molecule has 1 fully saturated rings. The van der Waals surface area contributed by atoms with Crippen LogP contribution in [0.2, 0.25) is 0 Å². The van der Waals surface area contributed by atoms with Crippen LogP contribution in [0.5, 0.6) is 0 Å². The number of carbonyl (C=O) groups is 2. The van der Waals surface area contributed by atoms with Gasteiger partial charge in [-0.05, 0) is 31.7 Å². The third-order valence-corrected chi connectivity index (χ3v) is 4.60. The van der Waals surface area contributed by atoms with Crippen molar-refractivity contribution in [3.63, 3.8) is 0 Å². The first kappa shape index (κ1) is 17.1. The quantitative estimate of drug-likeness (QED) is 0.905. The largest absolute Gasteiger partial charge is 0.365 e. The average molecular weight is 338 g/mol. The first-order valence-corrected chi connectivity index (χ1v) is 8.53. The molecule has 0 radical (unpaired) electrons. The lowest BCUT2D eigenvalue weighted by atomic mass is 10.1. The summed E-state index contributed by atoms with van der Waals surface area (Å²) in [5.41, 5.74) is 7.34. The Hall–Kier alpha value is -2.76. The average Bonchev–Trinajstić information content (AvgIpc) is 3.10. The highest BCUT2D eigenvalue weighted by Gasteiger charge is 2.32. The summed E-state index contributed by atoms with van der Waals surface area (Å²) in [5, 5.41) is 0. The number of rotatable bonds is 5. The highest BCUT2D eigenvalue weighted by molar-refractivity contribution is 5.93. The molecule has 0 spiro atoms. The minimum Gasteiger partial charge on any atom is -0.365 e. The van der Waals surface area contributed by atoms with Gasteiger partial charge >= 0.3 is 0 Å². The van der Waals surface area contributed by atoms with Crippen LogP contribution in [0.25, 0.3) is 0 Å². The van der Waals surface area contributed by atoms with E-state index in [0.29, 0.717) is 23.5 Å². The van der Waals surface area contributed by atoms with Gasteiger partial charge in [-0.1, -0.05) is 30.3 Å². The third kappa shape index (κ3) is 3.84. The monoisotopic (exact) mass is 338 g/mol. The number of aryl methyl sites for hydroxylation is 2. The van der Waals surface area contributed by atoms with Crippen molar-refractivity contribution in [2.45, 2.75) is 38.6 Å².